The molecule has 18 heavy (non-hydrogen) atoms. The van der Waals surface area contributed by atoms with Gasteiger partial charge < -0.3 is 9.47 Å². The number of nitrogens with one attached hydrogen (secondary N) is 1. The van der Waals surface area contributed by atoms with Crippen molar-refractivity contribution in [2.75, 3.05) is 13.2 Å². The van der Waals surface area contributed by atoms with Crippen molar-refractivity contribution in [3.05, 3.63) is 22.7 Å². The molecule has 0 radical (unpaired) electrons. The number of hydrogen-bond acceptors (Lipinski definition) is 3. The van der Waals surface area contributed by atoms with Gasteiger partial charge in [-0.1, -0.05) is 17.5 Å². The van der Waals surface area contributed by atoms with Crippen molar-refractivity contribution in [3.63, 3.8) is 0 Å². The van der Waals surface area contributed by atoms with Crippen molar-refractivity contribution in [1.82, 2.24) is 5.32 Å². The molecule has 4 heteroatoms. The van der Waals surface area contributed by atoms with Crippen LogP contribution in [0.1, 0.15) is 18.9 Å². The van der Waals surface area contributed by atoms with Crippen LogP contribution < -0.4 is 14.8 Å². The lowest BCUT2D eigenvalue weighted by atomic mass is 10.2. The Balaban J connectivity index is 2.16. The third-order valence-corrected chi connectivity index (χ3v) is 3.01. The van der Waals surface area contributed by atoms with E-state index in [4.69, 9.17) is 27.5 Å². The predicted octanol–water partition coefficient (Wildman–Crippen LogP) is 2.61. The van der Waals surface area contributed by atoms with Crippen molar-refractivity contribution in [2.24, 2.45) is 0 Å². The molecule has 1 aromatic carbocycles. The molecule has 1 aliphatic heterocycles. The number of fused-ring (bicyclic) bond motifs is 1. The Morgan fingerprint density at radius 2 is 2.22 bits per heavy atom. The van der Waals surface area contributed by atoms with Gasteiger partial charge in [-0.25, -0.2) is 0 Å². The molecule has 0 fully saturated rings. The van der Waals surface area contributed by atoms with E-state index in [1.807, 2.05) is 19.1 Å². The highest BCUT2D eigenvalue weighted by molar-refractivity contribution is 6.32. The van der Waals surface area contributed by atoms with E-state index in [1.54, 1.807) is 0 Å². The van der Waals surface area contributed by atoms with Gasteiger partial charge in [-0.15, -0.1) is 6.42 Å². The zero-order chi connectivity index (χ0) is 13.0. The Kier molecular flexibility index (Phi) is 4.35. The van der Waals surface area contributed by atoms with Gasteiger partial charge in [0.2, 0.25) is 0 Å². The van der Waals surface area contributed by atoms with Crippen LogP contribution in [0.25, 0.3) is 0 Å². The molecule has 0 aromatic heterocycles. The summed E-state index contributed by atoms with van der Waals surface area (Å²) < 4.78 is 11.2. The van der Waals surface area contributed by atoms with Crippen LogP contribution in [0.5, 0.6) is 11.5 Å². The number of halogens is 1. The van der Waals surface area contributed by atoms with Crippen molar-refractivity contribution >= 4 is 11.6 Å². The number of ether oxygens (including phenoxy) is 2. The van der Waals surface area contributed by atoms with Crippen molar-refractivity contribution in [1.29, 1.82) is 0 Å². The molecule has 1 aromatic rings. The molecule has 96 valence electrons. The quantitative estimate of drug-likeness (QED) is 0.853. The smallest absolute Gasteiger partial charge is 0.179 e. The molecule has 1 N–H and O–H groups in total. The summed E-state index contributed by atoms with van der Waals surface area (Å²) in [5.41, 5.74) is 1.03. The van der Waals surface area contributed by atoms with E-state index >= 15 is 0 Å². The second-order valence-electron chi connectivity index (χ2n) is 4.22. The molecule has 3 nitrogen and oxygen atoms in total. The van der Waals surface area contributed by atoms with Gasteiger partial charge in [-0.2, -0.15) is 0 Å². The van der Waals surface area contributed by atoms with E-state index in [-0.39, 0.29) is 6.04 Å². The van der Waals surface area contributed by atoms with Gasteiger partial charge in [-0.05, 0) is 24.6 Å². The molecule has 1 heterocycles. The van der Waals surface area contributed by atoms with Gasteiger partial charge in [0.05, 0.1) is 24.3 Å². The molecule has 1 atom stereocenters. The average Bonchev–Trinajstić information content (AvgIpc) is 2.61. The second-order valence-corrected chi connectivity index (χ2v) is 4.63. The molecular weight excluding hydrogens is 250 g/mol. The van der Waals surface area contributed by atoms with Crippen LogP contribution in [-0.4, -0.2) is 19.3 Å². The molecule has 0 bridgehead atoms. The van der Waals surface area contributed by atoms with Crippen molar-refractivity contribution in [3.8, 4) is 23.8 Å². The molecule has 1 aliphatic rings. The third-order valence-electron chi connectivity index (χ3n) is 2.72. The first-order chi connectivity index (χ1) is 8.70. The van der Waals surface area contributed by atoms with E-state index in [2.05, 4.69) is 11.2 Å². The monoisotopic (exact) mass is 265 g/mol. The highest BCUT2D eigenvalue weighted by atomic mass is 35.5. The molecule has 0 aliphatic carbocycles. The topological polar surface area (TPSA) is 30.5 Å². The Labute approximate surface area is 112 Å². The van der Waals surface area contributed by atoms with Gasteiger partial charge in [0.15, 0.2) is 11.5 Å². The summed E-state index contributed by atoms with van der Waals surface area (Å²) in [5, 5.41) is 3.79. The summed E-state index contributed by atoms with van der Waals surface area (Å²) in [6, 6.07) is 3.86. The lowest BCUT2D eigenvalue weighted by Crippen LogP contribution is -2.23. The van der Waals surface area contributed by atoms with Crippen LogP contribution in [0.3, 0.4) is 0 Å². The van der Waals surface area contributed by atoms with Crippen LogP contribution in [0.15, 0.2) is 12.1 Å². The van der Waals surface area contributed by atoms with E-state index in [1.165, 1.54) is 0 Å². The van der Waals surface area contributed by atoms with Crippen molar-refractivity contribution < 1.29 is 9.47 Å². The maximum Gasteiger partial charge on any atom is 0.179 e. The fourth-order valence-corrected chi connectivity index (χ4v) is 2.00. The van der Waals surface area contributed by atoms with Gasteiger partial charge in [0, 0.05) is 13.0 Å². The second kappa shape index (κ2) is 5.99. The van der Waals surface area contributed by atoms with Crippen molar-refractivity contribution in [2.45, 2.75) is 25.9 Å². The lowest BCUT2D eigenvalue weighted by molar-refractivity contribution is 0.297. The molecule has 2 rings (SSSR count). The largest absolute Gasteiger partial charge is 0.489 e. The SMILES string of the molecule is C#CC(C)NCc1cc(Cl)c2c(c1)OCCCO2. The fraction of sp³-hybridized carbons (Fsp3) is 0.429. The summed E-state index contributed by atoms with van der Waals surface area (Å²) >= 11 is 6.20. The molecule has 0 spiro atoms. The Bertz CT molecular complexity index is 468. The fourth-order valence-electron chi connectivity index (χ4n) is 1.72. The van der Waals surface area contributed by atoms with Gasteiger partial charge in [0.1, 0.15) is 0 Å². The third kappa shape index (κ3) is 3.10. The van der Waals surface area contributed by atoms with Crippen LogP contribution in [0, 0.1) is 12.3 Å². The first kappa shape index (κ1) is 13.1. The van der Waals surface area contributed by atoms with E-state index in [9.17, 15) is 0 Å². The normalized spacial score (nSPS) is 15.6. The number of benzene rings is 1. The van der Waals surface area contributed by atoms with Crippen LogP contribution in [-0.2, 0) is 6.54 Å². The van der Waals surface area contributed by atoms with Crippen LogP contribution >= 0.6 is 11.6 Å². The Hall–Kier alpha value is -1.37. The zero-order valence-corrected chi connectivity index (χ0v) is 11.1. The highest BCUT2D eigenvalue weighted by Gasteiger charge is 2.15. The van der Waals surface area contributed by atoms with Crippen LogP contribution in [0.2, 0.25) is 5.02 Å². The number of rotatable bonds is 3. The summed E-state index contributed by atoms with van der Waals surface area (Å²) in [6.07, 6.45) is 6.18. The minimum atomic E-state index is 0.0276. The zero-order valence-electron chi connectivity index (χ0n) is 10.3. The number of hydrogen-bond donors (Lipinski definition) is 1. The molecule has 1 unspecified atom stereocenters. The summed E-state index contributed by atoms with van der Waals surface area (Å²) in [4.78, 5) is 0. The summed E-state index contributed by atoms with van der Waals surface area (Å²) in [5.74, 6) is 3.98. The average molecular weight is 266 g/mol. The minimum absolute atomic E-state index is 0.0276. The summed E-state index contributed by atoms with van der Waals surface area (Å²) in [6.45, 7) is 3.88. The summed E-state index contributed by atoms with van der Waals surface area (Å²) in [7, 11) is 0. The van der Waals surface area contributed by atoms with Crippen LogP contribution in [0.4, 0.5) is 0 Å². The Morgan fingerprint density at radius 1 is 1.44 bits per heavy atom. The van der Waals surface area contributed by atoms with Gasteiger partial charge in [-0.3, -0.25) is 5.32 Å². The molecule has 0 saturated heterocycles. The maximum absolute atomic E-state index is 6.20. The van der Waals surface area contributed by atoms with Gasteiger partial charge >= 0.3 is 0 Å². The van der Waals surface area contributed by atoms with Gasteiger partial charge in [0.25, 0.3) is 0 Å². The lowest BCUT2D eigenvalue weighted by Gasteiger charge is -2.13. The standard InChI is InChI=1S/C14H16ClNO2/c1-3-10(2)16-9-11-7-12(15)14-13(8-11)17-5-4-6-18-14/h1,7-8,10,16H,4-6,9H2,2H3. The molecule has 0 amide bonds. The predicted molar refractivity (Wildman–Crippen MR) is 72.2 cm³/mol. The van der Waals surface area contributed by atoms with E-state index < -0.39 is 0 Å². The highest BCUT2D eigenvalue weighted by Crippen LogP contribution is 2.37. The number of terminal acetylenes is 1. The minimum Gasteiger partial charge on any atom is -0.489 e. The Morgan fingerprint density at radius 3 is 3.00 bits per heavy atom. The first-order valence-corrected chi connectivity index (χ1v) is 6.36. The maximum atomic E-state index is 6.20. The first-order valence-electron chi connectivity index (χ1n) is 5.98. The van der Waals surface area contributed by atoms with E-state index in [0.717, 1.165) is 12.0 Å². The van der Waals surface area contributed by atoms with E-state index in [0.29, 0.717) is 36.3 Å². The molecule has 0 saturated carbocycles. The molecular formula is C14H16ClNO2.